The molecule has 0 radical (unpaired) electrons. The molecule has 0 bridgehead atoms. The van der Waals surface area contributed by atoms with Crippen LogP contribution in [0.3, 0.4) is 0 Å². The number of halogens is 3. The Kier molecular flexibility index (Phi) is 6.72. The molecule has 0 aliphatic carbocycles. The average molecular weight is 326 g/mol. The van der Waals surface area contributed by atoms with E-state index < -0.39 is 6.04 Å². The van der Waals surface area contributed by atoms with Gasteiger partial charge in [0.15, 0.2) is 0 Å². The minimum absolute atomic E-state index is 0.154. The fraction of sp³-hybridized carbons (Fsp3) is 0.417. The number of anilines is 1. The summed E-state index contributed by atoms with van der Waals surface area (Å²) in [6, 6.07) is 2.67. The number of hydrogen-bond acceptors (Lipinski definition) is 3. The number of ether oxygens (including phenoxy) is 1. The lowest BCUT2D eigenvalue weighted by Crippen LogP contribution is -2.39. The fourth-order valence-electron chi connectivity index (χ4n) is 1.36. The fourth-order valence-corrected chi connectivity index (χ4v) is 1.96. The molecule has 1 aromatic rings. The lowest BCUT2D eigenvalue weighted by molar-refractivity contribution is -0.121. The molecule has 19 heavy (non-hydrogen) atoms. The van der Waals surface area contributed by atoms with E-state index in [1.165, 1.54) is 6.07 Å². The van der Waals surface area contributed by atoms with Crippen LogP contribution in [0.15, 0.2) is 12.1 Å². The first kappa shape index (κ1) is 16.4. The van der Waals surface area contributed by atoms with Gasteiger partial charge in [-0.1, -0.05) is 34.8 Å². The number of benzene rings is 1. The minimum atomic E-state index is -0.452. The van der Waals surface area contributed by atoms with Crippen LogP contribution in [0.5, 0.6) is 0 Å². The van der Waals surface area contributed by atoms with Gasteiger partial charge in [0, 0.05) is 13.7 Å². The van der Waals surface area contributed by atoms with Crippen LogP contribution in [-0.2, 0) is 9.53 Å². The first-order valence-corrected chi connectivity index (χ1v) is 6.76. The SMILES string of the molecule is COCCNC(=O)C(C)Nc1cc(Cl)c(Cl)cc1Cl. The normalized spacial score (nSPS) is 12.1. The van der Waals surface area contributed by atoms with E-state index in [4.69, 9.17) is 39.5 Å². The van der Waals surface area contributed by atoms with Crippen LogP contribution in [0.1, 0.15) is 6.92 Å². The van der Waals surface area contributed by atoms with E-state index in [0.29, 0.717) is 33.9 Å². The second-order valence-corrected chi connectivity index (χ2v) is 5.12. The zero-order valence-electron chi connectivity index (χ0n) is 10.6. The minimum Gasteiger partial charge on any atom is -0.383 e. The van der Waals surface area contributed by atoms with E-state index in [2.05, 4.69) is 10.6 Å². The van der Waals surface area contributed by atoms with Gasteiger partial charge in [-0.3, -0.25) is 4.79 Å². The number of rotatable bonds is 6. The molecule has 1 atom stereocenters. The van der Waals surface area contributed by atoms with Crippen LogP contribution in [0.25, 0.3) is 0 Å². The number of amides is 1. The molecule has 0 aromatic heterocycles. The zero-order valence-corrected chi connectivity index (χ0v) is 12.9. The summed E-state index contributed by atoms with van der Waals surface area (Å²) in [4.78, 5) is 11.8. The molecule has 106 valence electrons. The largest absolute Gasteiger partial charge is 0.383 e. The highest BCUT2D eigenvalue weighted by Crippen LogP contribution is 2.32. The van der Waals surface area contributed by atoms with Crippen molar-refractivity contribution in [2.24, 2.45) is 0 Å². The van der Waals surface area contributed by atoms with Gasteiger partial charge in [0.1, 0.15) is 6.04 Å². The van der Waals surface area contributed by atoms with Crippen LogP contribution < -0.4 is 10.6 Å². The van der Waals surface area contributed by atoms with Gasteiger partial charge in [-0.2, -0.15) is 0 Å². The van der Waals surface area contributed by atoms with Crippen molar-refractivity contribution in [3.05, 3.63) is 27.2 Å². The van der Waals surface area contributed by atoms with Gasteiger partial charge in [0.25, 0.3) is 0 Å². The summed E-state index contributed by atoms with van der Waals surface area (Å²) >= 11 is 17.8. The Morgan fingerprint density at radius 2 is 1.89 bits per heavy atom. The summed E-state index contributed by atoms with van der Waals surface area (Å²) in [5, 5.41) is 6.85. The molecule has 1 aromatic carbocycles. The number of carbonyl (C=O) groups is 1. The Morgan fingerprint density at radius 1 is 1.26 bits per heavy atom. The predicted octanol–water partition coefficient (Wildman–Crippen LogP) is 3.21. The molecular weight excluding hydrogens is 311 g/mol. The molecule has 0 heterocycles. The number of carbonyl (C=O) groups excluding carboxylic acids is 1. The van der Waals surface area contributed by atoms with Crippen molar-refractivity contribution in [3.8, 4) is 0 Å². The predicted molar refractivity (Wildman–Crippen MR) is 79.4 cm³/mol. The Hall–Kier alpha value is -0.680. The Balaban J connectivity index is 2.63. The molecule has 0 saturated carbocycles. The third kappa shape index (κ3) is 5.07. The Labute approximate surface area is 127 Å². The van der Waals surface area contributed by atoms with Crippen molar-refractivity contribution in [1.82, 2.24) is 5.32 Å². The first-order valence-electron chi connectivity index (χ1n) is 5.63. The molecule has 0 saturated heterocycles. The van der Waals surface area contributed by atoms with E-state index >= 15 is 0 Å². The van der Waals surface area contributed by atoms with Gasteiger partial charge >= 0.3 is 0 Å². The van der Waals surface area contributed by atoms with Crippen molar-refractivity contribution < 1.29 is 9.53 Å². The highest BCUT2D eigenvalue weighted by Gasteiger charge is 2.14. The highest BCUT2D eigenvalue weighted by atomic mass is 35.5. The number of methoxy groups -OCH3 is 1. The van der Waals surface area contributed by atoms with Crippen molar-refractivity contribution in [2.75, 3.05) is 25.6 Å². The molecule has 0 spiro atoms. The van der Waals surface area contributed by atoms with Crippen LogP contribution in [-0.4, -0.2) is 32.2 Å². The third-order valence-electron chi connectivity index (χ3n) is 2.38. The number of hydrogen-bond donors (Lipinski definition) is 2. The maximum Gasteiger partial charge on any atom is 0.242 e. The summed E-state index contributed by atoms with van der Waals surface area (Å²) < 4.78 is 4.85. The number of nitrogens with one attached hydrogen (secondary N) is 2. The molecule has 7 heteroatoms. The van der Waals surface area contributed by atoms with Gasteiger partial charge in [-0.15, -0.1) is 0 Å². The summed E-state index contributed by atoms with van der Waals surface area (Å²) in [7, 11) is 1.57. The highest BCUT2D eigenvalue weighted by molar-refractivity contribution is 6.44. The summed E-state index contributed by atoms with van der Waals surface area (Å²) in [5.41, 5.74) is 0.561. The lowest BCUT2D eigenvalue weighted by atomic mass is 10.2. The monoisotopic (exact) mass is 324 g/mol. The lowest BCUT2D eigenvalue weighted by Gasteiger charge is -2.16. The van der Waals surface area contributed by atoms with E-state index in [0.717, 1.165) is 0 Å². The molecule has 1 amide bonds. The van der Waals surface area contributed by atoms with Gasteiger partial charge in [-0.25, -0.2) is 0 Å². The van der Waals surface area contributed by atoms with Crippen LogP contribution in [0.4, 0.5) is 5.69 Å². The summed E-state index contributed by atoms with van der Waals surface area (Å²) in [6.45, 7) is 2.64. The summed E-state index contributed by atoms with van der Waals surface area (Å²) in [5.74, 6) is -0.154. The molecule has 4 nitrogen and oxygen atoms in total. The topological polar surface area (TPSA) is 50.4 Å². The second-order valence-electron chi connectivity index (χ2n) is 3.90. The molecule has 1 rings (SSSR count). The zero-order chi connectivity index (χ0) is 14.4. The van der Waals surface area contributed by atoms with Crippen molar-refractivity contribution in [3.63, 3.8) is 0 Å². The van der Waals surface area contributed by atoms with Crippen LogP contribution in [0, 0.1) is 0 Å². The van der Waals surface area contributed by atoms with Gasteiger partial charge in [-0.05, 0) is 19.1 Å². The van der Waals surface area contributed by atoms with Gasteiger partial charge in [0.05, 0.1) is 27.4 Å². The standard InChI is InChI=1S/C12H15Cl3N2O2/c1-7(12(18)16-3-4-19-2)17-11-6-9(14)8(13)5-10(11)15/h5-7,17H,3-4H2,1-2H3,(H,16,18). The molecule has 0 aliphatic heterocycles. The first-order chi connectivity index (χ1) is 8.95. The quantitative estimate of drug-likeness (QED) is 0.624. The average Bonchev–Trinajstić information content (AvgIpc) is 2.36. The van der Waals surface area contributed by atoms with E-state index in [1.807, 2.05) is 0 Å². The molecule has 0 fully saturated rings. The van der Waals surface area contributed by atoms with E-state index in [-0.39, 0.29) is 5.91 Å². The molecule has 1 unspecified atom stereocenters. The van der Waals surface area contributed by atoms with Crippen molar-refractivity contribution in [1.29, 1.82) is 0 Å². The molecular formula is C12H15Cl3N2O2. The van der Waals surface area contributed by atoms with E-state index in [9.17, 15) is 4.79 Å². The molecule has 0 aliphatic rings. The van der Waals surface area contributed by atoms with Crippen molar-refractivity contribution >= 4 is 46.4 Å². The Morgan fingerprint density at radius 3 is 2.53 bits per heavy atom. The maximum absolute atomic E-state index is 11.8. The molecule has 2 N–H and O–H groups in total. The van der Waals surface area contributed by atoms with Gasteiger partial charge < -0.3 is 15.4 Å². The summed E-state index contributed by atoms with van der Waals surface area (Å²) in [6.07, 6.45) is 0. The third-order valence-corrected chi connectivity index (χ3v) is 3.42. The Bertz CT molecular complexity index is 455. The maximum atomic E-state index is 11.8. The second kappa shape index (κ2) is 7.80. The van der Waals surface area contributed by atoms with Gasteiger partial charge in [0.2, 0.25) is 5.91 Å². The smallest absolute Gasteiger partial charge is 0.242 e. The van der Waals surface area contributed by atoms with Crippen LogP contribution >= 0.6 is 34.8 Å². The van der Waals surface area contributed by atoms with E-state index in [1.54, 1.807) is 20.1 Å². The van der Waals surface area contributed by atoms with Crippen LogP contribution in [0.2, 0.25) is 15.1 Å². The van der Waals surface area contributed by atoms with Crippen molar-refractivity contribution in [2.45, 2.75) is 13.0 Å².